The number of hydrogen-bond donors (Lipinski definition) is 2. The summed E-state index contributed by atoms with van der Waals surface area (Å²) in [6, 6.07) is 29.4. The zero-order valence-electron chi connectivity index (χ0n) is 16.7. The van der Waals surface area contributed by atoms with Crippen molar-refractivity contribution < 1.29 is 4.79 Å². The van der Waals surface area contributed by atoms with Gasteiger partial charge in [0.1, 0.15) is 5.82 Å². The molecule has 0 aliphatic carbocycles. The number of rotatable bonds is 7. The van der Waals surface area contributed by atoms with E-state index in [4.69, 9.17) is 0 Å². The van der Waals surface area contributed by atoms with Crippen LogP contribution in [0.5, 0.6) is 0 Å². The second kappa shape index (κ2) is 9.01. The summed E-state index contributed by atoms with van der Waals surface area (Å²) >= 11 is 0. The molecule has 0 atom stereocenters. The van der Waals surface area contributed by atoms with Crippen LogP contribution in [0.3, 0.4) is 0 Å². The lowest BCUT2D eigenvalue weighted by Crippen LogP contribution is -2.06. The number of hydrogen-bond acceptors (Lipinski definition) is 5. The average molecular weight is 394 g/mol. The van der Waals surface area contributed by atoms with E-state index in [9.17, 15) is 4.79 Å². The van der Waals surface area contributed by atoms with Crippen LogP contribution in [0.2, 0.25) is 0 Å². The smallest absolute Gasteiger partial charge is 0.229 e. The molecule has 0 saturated carbocycles. The minimum Gasteiger partial charge on any atom is -0.366 e. The highest BCUT2D eigenvalue weighted by atomic mass is 16.1. The molecule has 5 nitrogen and oxygen atoms in total. The topological polar surface area (TPSA) is 66.9 Å². The first kappa shape index (κ1) is 19.3. The molecule has 4 aromatic rings. The highest BCUT2D eigenvalue weighted by Gasteiger charge is 2.08. The molecule has 30 heavy (non-hydrogen) atoms. The maximum absolute atomic E-state index is 11.7. The van der Waals surface area contributed by atoms with Crippen molar-refractivity contribution in [3.8, 4) is 11.3 Å². The number of carbonyl (C=O) groups excluding carboxylic acids is 1. The molecule has 5 heteroatoms. The molecule has 0 radical (unpaired) electrons. The van der Waals surface area contributed by atoms with Gasteiger partial charge in [-0.1, -0.05) is 72.8 Å². The molecule has 0 spiro atoms. The molecule has 148 valence electrons. The maximum Gasteiger partial charge on any atom is 0.229 e. The Balaban J connectivity index is 1.65. The summed E-state index contributed by atoms with van der Waals surface area (Å²) in [6.45, 7) is 2.21. The van der Waals surface area contributed by atoms with E-state index in [0.717, 1.165) is 22.8 Å². The van der Waals surface area contributed by atoms with Crippen molar-refractivity contribution in [3.63, 3.8) is 0 Å². The number of ketones is 1. The summed E-state index contributed by atoms with van der Waals surface area (Å²) in [5.74, 6) is 1.20. The molecule has 0 aliphatic rings. The van der Waals surface area contributed by atoms with Crippen LogP contribution in [0.1, 0.15) is 22.8 Å². The van der Waals surface area contributed by atoms with Crippen LogP contribution in [0.25, 0.3) is 11.3 Å². The van der Waals surface area contributed by atoms with Gasteiger partial charge in [-0.15, -0.1) is 0 Å². The molecule has 0 saturated heterocycles. The summed E-state index contributed by atoms with van der Waals surface area (Å²) in [5, 5.41) is 6.62. The normalized spacial score (nSPS) is 10.4. The zero-order chi connectivity index (χ0) is 20.8. The average Bonchev–Trinajstić information content (AvgIpc) is 2.79. The maximum atomic E-state index is 11.7. The minimum atomic E-state index is 0.0165. The predicted molar refractivity (Wildman–Crippen MR) is 121 cm³/mol. The van der Waals surface area contributed by atoms with Crippen molar-refractivity contribution in [1.29, 1.82) is 0 Å². The van der Waals surface area contributed by atoms with Gasteiger partial charge in [-0.05, 0) is 24.6 Å². The van der Waals surface area contributed by atoms with Gasteiger partial charge in [0, 0.05) is 29.4 Å². The van der Waals surface area contributed by atoms with E-state index in [-0.39, 0.29) is 5.78 Å². The summed E-state index contributed by atoms with van der Waals surface area (Å²) in [4.78, 5) is 21.0. The largest absolute Gasteiger partial charge is 0.366 e. The Bertz CT molecular complexity index is 1140. The molecule has 0 aliphatic heterocycles. The first-order valence-electron chi connectivity index (χ1n) is 9.78. The predicted octanol–water partition coefficient (Wildman–Crippen LogP) is 5.70. The Labute approximate surface area is 175 Å². The number of aromatic nitrogens is 2. The lowest BCUT2D eigenvalue weighted by atomic mass is 10.1. The molecule has 0 fully saturated rings. The Hall–Kier alpha value is -3.99. The molecule has 3 aromatic carbocycles. The Morgan fingerprint density at radius 1 is 0.833 bits per heavy atom. The molecular formula is C25H22N4O. The molecule has 4 rings (SSSR count). The van der Waals surface area contributed by atoms with E-state index in [1.165, 1.54) is 5.56 Å². The summed E-state index contributed by atoms with van der Waals surface area (Å²) in [5.41, 5.74) is 4.39. The zero-order valence-corrected chi connectivity index (χ0v) is 16.7. The molecule has 2 N–H and O–H groups in total. The number of nitrogens with one attached hydrogen (secondary N) is 2. The quantitative estimate of drug-likeness (QED) is 0.394. The summed E-state index contributed by atoms with van der Waals surface area (Å²) in [7, 11) is 0. The van der Waals surface area contributed by atoms with Crippen molar-refractivity contribution in [2.45, 2.75) is 13.5 Å². The van der Waals surface area contributed by atoms with Gasteiger partial charge < -0.3 is 10.6 Å². The van der Waals surface area contributed by atoms with Gasteiger partial charge in [0.25, 0.3) is 0 Å². The molecule has 1 heterocycles. The summed E-state index contributed by atoms with van der Waals surface area (Å²) < 4.78 is 0. The molecule has 0 amide bonds. The van der Waals surface area contributed by atoms with Crippen LogP contribution in [0.4, 0.5) is 17.5 Å². The van der Waals surface area contributed by atoms with Gasteiger partial charge in [0.15, 0.2) is 5.78 Å². The van der Waals surface area contributed by atoms with Crippen molar-refractivity contribution >= 4 is 23.2 Å². The molecule has 0 bridgehead atoms. The van der Waals surface area contributed by atoms with Crippen molar-refractivity contribution in [3.05, 3.63) is 102 Å². The Morgan fingerprint density at radius 2 is 1.57 bits per heavy atom. The van der Waals surface area contributed by atoms with Gasteiger partial charge in [0.2, 0.25) is 5.95 Å². The van der Waals surface area contributed by atoms with E-state index in [1.54, 1.807) is 19.1 Å². The van der Waals surface area contributed by atoms with E-state index >= 15 is 0 Å². The SMILES string of the molecule is CC(=O)c1cccc(Nc2nc(NCc3ccccc3)cc(-c3ccccc3)n2)c1. The fourth-order valence-corrected chi connectivity index (χ4v) is 3.08. The highest BCUT2D eigenvalue weighted by molar-refractivity contribution is 5.95. The Morgan fingerprint density at radius 3 is 2.30 bits per heavy atom. The van der Waals surface area contributed by atoms with Gasteiger partial charge in [-0.2, -0.15) is 4.98 Å². The van der Waals surface area contributed by atoms with Gasteiger partial charge in [0.05, 0.1) is 5.69 Å². The number of benzene rings is 3. The number of Topliss-reactive ketones (excluding diaryl/α,β-unsaturated/α-hetero) is 1. The second-order valence-electron chi connectivity index (χ2n) is 6.93. The van der Waals surface area contributed by atoms with Crippen molar-refractivity contribution in [1.82, 2.24) is 9.97 Å². The van der Waals surface area contributed by atoms with E-state index < -0.39 is 0 Å². The van der Waals surface area contributed by atoms with Crippen LogP contribution < -0.4 is 10.6 Å². The first-order valence-corrected chi connectivity index (χ1v) is 9.78. The third-order valence-corrected chi connectivity index (χ3v) is 4.64. The van der Waals surface area contributed by atoms with E-state index in [0.29, 0.717) is 18.1 Å². The lowest BCUT2D eigenvalue weighted by Gasteiger charge is -2.12. The molecule has 0 unspecified atom stereocenters. The third-order valence-electron chi connectivity index (χ3n) is 4.64. The fourth-order valence-electron chi connectivity index (χ4n) is 3.08. The van der Waals surface area contributed by atoms with Crippen LogP contribution in [-0.4, -0.2) is 15.8 Å². The van der Waals surface area contributed by atoms with Crippen LogP contribution in [-0.2, 0) is 6.54 Å². The third kappa shape index (κ3) is 4.89. The lowest BCUT2D eigenvalue weighted by molar-refractivity contribution is 0.101. The van der Waals surface area contributed by atoms with Crippen LogP contribution in [0.15, 0.2) is 91.0 Å². The monoisotopic (exact) mass is 394 g/mol. The number of anilines is 3. The van der Waals surface area contributed by atoms with Gasteiger partial charge >= 0.3 is 0 Å². The minimum absolute atomic E-state index is 0.0165. The second-order valence-corrected chi connectivity index (χ2v) is 6.93. The van der Waals surface area contributed by atoms with E-state index in [2.05, 4.69) is 32.7 Å². The fraction of sp³-hybridized carbons (Fsp3) is 0.0800. The molecule has 1 aromatic heterocycles. The van der Waals surface area contributed by atoms with E-state index in [1.807, 2.05) is 66.7 Å². The highest BCUT2D eigenvalue weighted by Crippen LogP contribution is 2.24. The van der Waals surface area contributed by atoms with Crippen molar-refractivity contribution in [2.24, 2.45) is 0 Å². The van der Waals surface area contributed by atoms with Crippen LogP contribution >= 0.6 is 0 Å². The Kier molecular flexibility index (Phi) is 5.80. The van der Waals surface area contributed by atoms with Gasteiger partial charge in [-0.3, -0.25) is 4.79 Å². The summed E-state index contributed by atoms with van der Waals surface area (Å²) in [6.07, 6.45) is 0. The number of carbonyl (C=O) groups is 1. The first-order chi connectivity index (χ1) is 14.7. The van der Waals surface area contributed by atoms with Crippen molar-refractivity contribution in [2.75, 3.05) is 10.6 Å². The molecular weight excluding hydrogens is 372 g/mol. The van der Waals surface area contributed by atoms with Gasteiger partial charge in [-0.25, -0.2) is 4.98 Å². The number of nitrogens with zero attached hydrogens (tertiary/aromatic N) is 2. The standard InChI is InChI=1S/C25H22N4O/c1-18(30)21-13-8-14-22(15-21)27-25-28-23(20-11-6-3-7-12-20)16-24(29-25)26-17-19-9-4-2-5-10-19/h2-16H,17H2,1H3,(H2,26,27,28,29). The van der Waals surface area contributed by atoms with Crippen LogP contribution in [0, 0.1) is 0 Å².